The Hall–Kier alpha value is -2.87. The second kappa shape index (κ2) is 5.65. The molecule has 94 valence electrons. The fourth-order valence-electron chi connectivity index (χ4n) is 1.55. The van der Waals surface area contributed by atoms with E-state index in [4.69, 9.17) is 15.7 Å². The third kappa shape index (κ3) is 3.07. The Labute approximate surface area is 111 Å². The SMILES string of the molecule is C=CCc1cc(N)ccc1Oc1cnc(C#N)cn1. The molecular weight excluding hydrogens is 240 g/mol. The Morgan fingerprint density at radius 1 is 1.37 bits per heavy atom. The van der Waals surface area contributed by atoms with E-state index >= 15 is 0 Å². The first-order valence-corrected chi connectivity index (χ1v) is 5.62. The van der Waals surface area contributed by atoms with Gasteiger partial charge in [0, 0.05) is 11.3 Å². The highest BCUT2D eigenvalue weighted by molar-refractivity contribution is 5.49. The molecule has 0 radical (unpaired) electrons. The van der Waals surface area contributed by atoms with Crippen LogP contribution in [-0.2, 0) is 6.42 Å². The monoisotopic (exact) mass is 252 g/mol. The molecule has 0 unspecified atom stereocenters. The van der Waals surface area contributed by atoms with Crippen LogP contribution in [0.4, 0.5) is 5.69 Å². The highest BCUT2D eigenvalue weighted by Gasteiger charge is 2.06. The van der Waals surface area contributed by atoms with E-state index < -0.39 is 0 Å². The number of nitrogens with zero attached hydrogens (tertiary/aromatic N) is 3. The standard InChI is InChI=1S/C14H12N4O/c1-2-3-10-6-11(16)4-5-13(10)19-14-9-17-12(7-15)8-18-14/h2,4-6,8-9H,1,3,16H2. The van der Waals surface area contributed by atoms with Crippen molar-refractivity contribution in [1.82, 2.24) is 9.97 Å². The maximum absolute atomic E-state index is 8.64. The molecule has 0 saturated heterocycles. The van der Waals surface area contributed by atoms with Gasteiger partial charge in [-0.2, -0.15) is 5.26 Å². The summed E-state index contributed by atoms with van der Waals surface area (Å²) in [4.78, 5) is 7.90. The molecule has 2 N–H and O–H groups in total. The minimum atomic E-state index is 0.246. The van der Waals surface area contributed by atoms with Gasteiger partial charge in [-0.1, -0.05) is 6.08 Å². The molecule has 2 aromatic rings. The van der Waals surface area contributed by atoms with Gasteiger partial charge in [-0.3, -0.25) is 0 Å². The van der Waals surface area contributed by atoms with Crippen LogP contribution in [0.1, 0.15) is 11.3 Å². The fourth-order valence-corrected chi connectivity index (χ4v) is 1.55. The zero-order chi connectivity index (χ0) is 13.7. The van der Waals surface area contributed by atoms with Crippen molar-refractivity contribution >= 4 is 5.69 Å². The zero-order valence-electron chi connectivity index (χ0n) is 10.2. The van der Waals surface area contributed by atoms with Crippen molar-refractivity contribution < 1.29 is 4.74 Å². The first-order chi connectivity index (χ1) is 9.22. The minimum absolute atomic E-state index is 0.246. The summed E-state index contributed by atoms with van der Waals surface area (Å²) < 4.78 is 5.63. The molecule has 19 heavy (non-hydrogen) atoms. The third-order valence-corrected chi connectivity index (χ3v) is 2.41. The summed E-state index contributed by atoms with van der Waals surface area (Å²) in [6.45, 7) is 3.70. The summed E-state index contributed by atoms with van der Waals surface area (Å²) in [6, 6.07) is 7.25. The van der Waals surface area contributed by atoms with Crippen molar-refractivity contribution in [2.75, 3.05) is 5.73 Å². The molecule has 2 rings (SSSR count). The van der Waals surface area contributed by atoms with Gasteiger partial charge in [0.2, 0.25) is 5.88 Å². The van der Waals surface area contributed by atoms with E-state index in [2.05, 4.69) is 16.5 Å². The minimum Gasteiger partial charge on any atom is -0.437 e. The van der Waals surface area contributed by atoms with Crippen LogP contribution in [0.2, 0.25) is 0 Å². The van der Waals surface area contributed by atoms with Gasteiger partial charge in [-0.15, -0.1) is 6.58 Å². The number of anilines is 1. The van der Waals surface area contributed by atoms with Crippen LogP contribution >= 0.6 is 0 Å². The van der Waals surface area contributed by atoms with E-state index in [0.717, 1.165) is 5.56 Å². The number of benzene rings is 1. The fraction of sp³-hybridized carbons (Fsp3) is 0.0714. The third-order valence-electron chi connectivity index (χ3n) is 2.41. The molecule has 1 aromatic heterocycles. The maximum Gasteiger partial charge on any atom is 0.237 e. The normalized spacial score (nSPS) is 9.63. The molecule has 0 aliphatic heterocycles. The van der Waals surface area contributed by atoms with Gasteiger partial charge in [0.1, 0.15) is 11.8 Å². The Balaban J connectivity index is 2.26. The van der Waals surface area contributed by atoms with Gasteiger partial charge in [0.15, 0.2) is 5.69 Å². The summed E-state index contributed by atoms with van der Waals surface area (Å²) in [5.74, 6) is 0.974. The van der Waals surface area contributed by atoms with Gasteiger partial charge in [0.25, 0.3) is 0 Å². The van der Waals surface area contributed by atoms with E-state index in [1.54, 1.807) is 18.2 Å². The molecule has 0 amide bonds. The van der Waals surface area contributed by atoms with Crippen LogP contribution in [0.5, 0.6) is 11.6 Å². The predicted octanol–water partition coefficient (Wildman–Crippen LogP) is 2.45. The van der Waals surface area contributed by atoms with Gasteiger partial charge < -0.3 is 10.5 Å². The van der Waals surface area contributed by atoms with Crippen LogP contribution < -0.4 is 10.5 Å². The van der Waals surface area contributed by atoms with E-state index in [-0.39, 0.29) is 5.69 Å². The molecular formula is C14H12N4O. The highest BCUT2D eigenvalue weighted by Crippen LogP contribution is 2.26. The number of hydrogen-bond donors (Lipinski definition) is 1. The number of allylic oxidation sites excluding steroid dienone is 1. The lowest BCUT2D eigenvalue weighted by atomic mass is 10.1. The molecule has 0 saturated carbocycles. The van der Waals surface area contributed by atoms with Crippen LogP contribution in [0.25, 0.3) is 0 Å². The molecule has 0 aliphatic carbocycles. The van der Waals surface area contributed by atoms with Gasteiger partial charge in [-0.25, -0.2) is 9.97 Å². The number of aromatic nitrogens is 2. The molecule has 0 aliphatic rings. The molecule has 1 aromatic carbocycles. The van der Waals surface area contributed by atoms with Crippen LogP contribution in [0, 0.1) is 11.3 Å². The topological polar surface area (TPSA) is 84.8 Å². The van der Waals surface area contributed by atoms with Crippen LogP contribution in [0.15, 0.2) is 43.2 Å². The molecule has 0 bridgehead atoms. The highest BCUT2D eigenvalue weighted by atomic mass is 16.5. The van der Waals surface area contributed by atoms with Crippen molar-refractivity contribution in [2.45, 2.75) is 6.42 Å². The van der Waals surface area contributed by atoms with E-state index in [1.807, 2.05) is 12.1 Å². The molecule has 0 fully saturated rings. The summed E-state index contributed by atoms with van der Waals surface area (Å²) >= 11 is 0. The first-order valence-electron chi connectivity index (χ1n) is 5.62. The Bertz CT molecular complexity index is 629. The Morgan fingerprint density at radius 3 is 2.84 bits per heavy atom. The number of nitrogen functional groups attached to an aromatic ring is 1. The number of hydrogen-bond acceptors (Lipinski definition) is 5. The molecule has 0 spiro atoms. The van der Waals surface area contributed by atoms with Crippen LogP contribution in [-0.4, -0.2) is 9.97 Å². The van der Waals surface area contributed by atoms with Crippen LogP contribution in [0.3, 0.4) is 0 Å². The van der Waals surface area contributed by atoms with Gasteiger partial charge >= 0.3 is 0 Å². The summed E-state index contributed by atoms with van der Waals surface area (Å²) in [7, 11) is 0. The smallest absolute Gasteiger partial charge is 0.237 e. The zero-order valence-corrected chi connectivity index (χ0v) is 10.2. The number of rotatable bonds is 4. The molecule has 0 atom stereocenters. The van der Waals surface area contributed by atoms with E-state index in [0.29, 0.717) is 23.7 Å². The lowest BCUT2D eigenvalue weighted by Gasteiger charge is -2.09. The van der Waals surface area contributed by atoms with Gasteiger partial charge in [-0.05, 0) is 24.6 Å². The molecule has 5 heteroatoms. The maximum atomic E-state index is 8.64. The van der Waals surface area contributed by atoms with Crippen molar-refractivity contribution in [1.29, 1.82) is 5.26 Å². The number of nitriles is 1. The van der Waals surface area contributed by atoms with Crippen molar-refractivity contribution in [3.63, 3.8) is 0 Å². The summed E-state index contributed by atoms with van der Waals surface area (Å²) in [6.07, 6.45) is 5.18. The second-order valence-electron chi connectivity index (χ2n) is 3.81. The predicted molar refractivity (Wildman–Crippen MR) is 71.6 cm³/mol. The average molecular weight is 252 g/mol. The first kappa shape index (κ1) is 12.6. The Kier molecular flexibility index (Phi) is 3.74. The van der Waals surface area contributed by atoms with Crippen molar-refractivity contribution in [3.8, 4) is 17.7 Å². The van der Waals surface area contributed by atoms with E-state index in [1.165, 1.54) is 12.4 Å². The second-order valence-corrected chi connectivity index (χ2v) is 3.81. The lowest BCUT2D eigenvalue weighted by Crippen LogP contribution is -1.96. The van der Waals surface area contributed by atoms with Gasteiger partial charge in [0.05, 0.1) is 12.4 Å². The number of nitrogens with two attached hydrogens (primary N) is 1. The lowest BCUT2D eigenvalue weighted by molar-refractivity contribution is 0.455. The largest absolute Gasteiger partial charge is 0.437 e. The average Bonchev–Trinajstić information content (AvgIpc) is 2.43. The Morgan fingerprint density at radius 2 is 2.21 bits per heavy atom. The number of ether oxygens (including phenoxy) is 1. The van der Waals surface area contributed by atoms with Crippen molar-refractivity contribution in [3.05, 3.63) is 54.5 Å². The summed E-state index contributed by atoms with van der Waals surface area (Å²) in [5.41, 5.74) is 7.56. The molecule has 1 heterocycles. The van der Waals surface area contributed by atoms with E-state index in [9.17, 15) is 0 Å². The quantitative estimate of drug-likeness (QED) is 0.667. The summed E-state index contributed by atoms with van der Waals surface area (Å²) in [5, 5.41) is 8.64. The molecule has 5 nitrogen and oxygen atoms in total. The van der Waals surface area contributed by atoms with Crippen molar-refractivity contribution in [2.24, 2.45) is 0 Å².